The molecule has 2 aliphatic heterocycles. The summed E-state index contributed by atoms with van der Waals surface area (Å²) in [5.74, 6) is -0.0561. The first kappa shape index (κ1) is 27.7. The number of carbonyl (C=O) groups excluding carboxylic acids is 1. The predicted molar refractivity (Wildman–Crippen MR) is 136 cm³/mol. The topological polar surface area (TPSA) is 64.2 Å². The van der Waals surface area contributed by atoms with Gasteiger partial charge in [0.15, 0.2) is 0 Å². The number of likely N-dealkylation sites (N-methyl/N-ethyl adjacent to an activating group) is 1. The van der Waals surface area contributed by atoms with Crippen LogP contribution in [0, 0.1) is 0 Å². The van der Waals surface area contributed by atoms with E-state index >= 15 is 0 Å². The minimum Gasteiger partial charge on any atom is -0.322 e. The number of hydrogen-bond acceptors (Lipinski definition) is 4. The Labute approximate surface area is 220 Å². The van der Waals surface area contributed by atoms with Gasteiger partial charge in [0.2, 0.25) is 10.0 Å². The average Bonchev–Trinajstić information content (AvgIpc) is 3.29. The van der Waals surface area contributed by atoms with Gasteiger partial charge >= 0.3 is 12.2 Å². The van der Waals surface area contributed by atoms with Crippen LogP contribution in [-0.2, 0) is 22.7 Å². The molecule has 202 valence electrons. The molecule has 2 amide bonds. The molecule has 2 heterocycles. The first-order chi connectivity index (χ1) is 17.3. The number of carbonyl (C=O) groups is 1. The van der Waals surface area contributed by atoms with Crippen LogP contribution in [0.1, 0.15) is 22.6 Å². The Morgan fingerprint density at radius 1 is 1.03 bits per heavy atom. The fraction of sp³-hybridized carbons (Fsp3) is 0.480. The minimum absolute atomic E-state index is 0.0561. The summed E-state index contributed by atoms with van der Waals surface area (Å²) in [5.41, 5.74) is 1.03. The van der Waals surface area contributed by atoms with Crippen LogP contribution in [0.15, 0.2) is 48.5 Å². The van der Waals surface area contributed by atoms with Gasteiger partial charge in [0, 0.05) is 62.8 Å². The van der Waals surface area contributed by atoms with E-state index in [9.17, 15) is 26.4 Å². The van der Waals surface area contributed by atoms with Gasteiger partial charge < -0.3 is 9.80 Å². The second-order valence-corrected chi connectivity index (χ2v) is 12.1. The third-order valence-electron chi connectivity index (χ3n) is 7.09. The summed E-state index contributed by atoms with van der Waals surface area (Å²) < 4.78 is 63.9. The van der Waals surface area contributed by atoms with Gasteiger partial charge in [-0.2, -0.15) is 17.5 Å². The summed E-state index contributed by atoms with van der Waals surface area (Å²) in [6.07, 6.45) is -3.22. The SMILES string of the molecule is CN(Cc1ccc(C(F)(F)F)cc1)[C@H]1CN(C(=O)N2CCN(S(C)(=O)=O)CC2)C[C@@H]1c1cccc(Cl)c1. The molecule has 2 aromatic rings. The van der Waals surface area contributed by atoms with Crippen LogP contribution in [0.5, 0.6) is 0 Å². The van der Waals surface area contributed by atoms with Crippen molar-refractivity contribution in [1.29, 1.82) is 0 Å². The van der Waals surface area contributed by atoms with Gasteiger partial charge in [-0.1, -0.05) is 35.9 Å². The standard InChI is InChI=1S/C25H30ClF3N4O3S/c1-30(15-18-6-8-20(9-7-18)25(27,28)29)23-17-32(16-22(23)19-4-3-5-21(26)14-19)24(34)31-10-12-33(13-11-31)37(2,35)36/h3-9,14,22-23H,10-13,15-17H2,1-2H3/t22-,23+/m1/s1. The molecule has 0 spiro atoms. The largest absolute Gasteiger partial charge is 0.416 e. The molecule has 0 N–H and O–H groups in total. The highest BCUT2D eigenvalue weighted by Crippen LogP contribution is 2.34. The van der Waals surface area contributed by atoms with E-state index in [1.165, 1.54) is 16.4 Å². The predicted octanol–water partition coefficient (Wildman–Crippen LogP) is 3.96. The lowest BCUT2D eigenvalue weighted by Gasteiger charge is -2.35. The van der Waals surface area contributed by atoms with E-state index in [0.29, 0.717) is 37.7 Å². The molecule has 0 unspecified atom stereocenters. The van der Waals surface area contributed by atoms with Crippen LogP contribution in [0.25, 0.3) is 0 Å². The van der Waals surface area contributed by atoms with Gasteiger partial charge in [0.25, 0.3) is 0 Å². The van der Waals surface area contributed by atoms with Crippen LogP contribution in [0.3, 0.4) is 0 Å². The maximum atomic E-state index is 13.4. The Kier molecular flexibility index (Phi) is 8.08. The zero-order valence-corrected chi connectivity index (χ0v) is 22.2. The van der Waals surface area contributed by atoms with E-state index < -0.39 is 21.8 Å². The molecule has 0 aromatic heterocycles. The van der Waals surface area contributed by atoms with E-state index in [0.717, 1.165) is 29.5 Å². The molecular formula is C25H30ClF3N4O3S. The van der Waals surface area contributed by atoms with Crippen LogP contribution >= 0.6 is 11.6 Å². The van der Waals surface area contributed by atoms with Crippen LogP contribution < -0.4 is 0 Å². The van der Waals surface area contributed by atoms with Crippen molar-refractivity contribution in [3.63, 3.8) is 0 Å². The molecule has 0 bridgehead atoms. The third kappa shape index (κ3) is 6.57. The number of piperazine rings is 1. The summed E-state index contributed by atoms with van der Waals surface area (Å²) in [7, 11) is -1.40. The number of likely N-dealkylation sites (tertiary alicyclic amines) is 1. The molecule has 2 aliphatic rings. The number of alkyl halides is 3. The van der Waals surface area contributed by atoms with Crippen molar-refractivity contribution in [3.05, 3.63) is 70.2 Å². The van der Waals surface area contributed by atoms with Crippen LogP contribution in [0.2, 0.25) is 5.02 Å². The maximum Gasteiger partial charge on any atom is 0.416 e. The van der Waals surface area contributed by atoms with E-state index in [1.54, 1.807) is 15.9 Å². The number of hydrogen-bond donors (Lipinski definition) is 0. The normalized spacial score (nSPS) is 21.6. The molecule has 2 saturated heterocycles. The number of amides is 2. The van der Waals surface area contributed by atoms with Gasteiger partial charge in [0.05, 0.1) is 11.8 Å². The summed E-state index contributed by atoms with van der Waals surface area (Å²) in [6, 6.07) is 12.4. The van der Waals surface area contributed by atoms with Crippen molar-refractivity contribution in [3.8, 4) is 0 Å². The van der Waals surface area contributed by atoms with Crippen LogP contribution in [-0.4, -0.2) is 92.1 Å². The number of sulfonamides is 1. The average molecular weight is 559 g/mol. The quantitative estimate of drug-likeness (QED) is 0.557. The van der Waals surface area contributed by atoms with Crippen molar-refractivity contribution >= 4 is 27.7 Å². The number of halogens is 4. The molecule has 2 fully saturated rings. The molecule has 0 aliphatic carbocycles. The van der Waals surface area contributed by atoms with Crippen molar-refractivity contribution in [2.75, 3.05) is 52.6 Å². The monoisotopic (exact) mass is 558 g/mol. The van der Waals surface area contributed by atoms with Crippen molar-refractivity contribution in [2.45, 2.75) is 24.7 Å². The van der Waals surface area contributed by atoms with E-state index in [4.69, 9.17) is 11.6 Å². The van der Waals surface area contributed by atoms with E-state index in [1.807, 2.05) is 25.2 Å². The molecule has 0 radical (unpaired) electrons. The lowest BCUT2D eigenvalue weighted by Crippen LogP contribution is -2.53. The van der Waals surface area contributed by atoms with Gasteiger partial charge in [0.1, 0.15) is 0 Å². The highest BCUT2D eigenvalue weighted by molar-refractivity contribution is 7.88. The molecule has 2 aromatic carbocycles. The maximum absolute atomic E-state index is 13.4. The molecular weight excluding hydrogens is 529 g/mol. The Morgan fingerprint density at radius 2 is 1.68 bits per heavy atom. The van der Waals surface area contributed by atoms with Gasteiger partial charge in [-0.15, -0.1) is 0 Å². The van der Waals surface area contributed by atoms with E-state index in [-0.39, 0.29) is 31.1 Å². The van der Waals surface area contributed by atoms with E-state index in [2.05, 4.69) is 4.90 Å². The second kappa shape index (κ2) is 10.8. The Balaban J connectivity index is 1.50. The zero-order valence-electron chi connectivity index (χ0n) is 20.7. The summed E-state index contributed by atoms with van der Waals surface area (Å²) in [4.78, 5) is 18.9. The minimum atomic E-state index is -4.39. The summed E-state index contributed by atoms with van der Waals surface area (Å²) in [6.45, 7) is 2.44. The molecule has 37 heavy (non-hydrogen) atoms. The molecule has 0 saturated carbocycles. The van der Waals surface area contributed by atoms with Crippen LogP contribution in [0.4, 0.5) is 18.0 Å². The first-order valence-corrected chi connectivity index (χ1v) is 14.2. The molecule has 7 nitrogen and oxygen atoms in total. The lowest BCUT2D eigenvalue weighted by atomic mass is 9.93. The zero-order chi connectivity index (χ0) is 27.0. The highest BCUT2D eigenvalue weighted by Gasteiger charge is 2.40. The Bertz CT molecular complexity index is 1220. The summed E-state index contributed by atoms with van der Waals surface area (Å²) >= 11 is 6.26. The summed E-state index contributed by atoms with van der Waals surface area (Å²) in [5, 5.41) is 0.586. The number of urea groups is 1. The fourth-order valence-corrected chi connectivity index (χ4v) is 6.09. The molecule has 4 rings (SSSR count). The Hall–Kier alpha value is -2.34. The van der Waals surface area contributed by atoms with Crippen molar-refractivity contribution < 1.29 is 26.4 Å². The van der Waals surface area contributed by atoms with Gasteiger partial charge in [-0.25, -0.2) is 13.2 Å². The molecule has 2 atom stereocenters. The third-order valence-corrected chi connectivity index (χ3v) is 8.63. The van der Waals surface area contributed by atoms with Crippen molar-refractivity contribution in [1.82, 2.24) is 19.0 Å². The molecule has 12 heteroatoms. The van der Waals surface area contributed by atoms with Gasteiger partial charge in [-0.05, 0) is 42.4 Å². The lowest BCUT2D eigenvalue weighted by molar-refractivity contribution is -0.137. The number of rotatable bonds is 5. The van der Waals surface area contributed by atoms with Crippen molar-refractivity contribution in [2.24, 2.45) is 0 Å². The fourth-order valence-electron chi connectivity index (χ4n) is 5.07. The number of nitrogens with zero attached hydrogens (tertiary/aromatic N) is 4. The second-order valence-electron chi connectivity index (χ2n) is 9.68. The highest BCUT2D eigenvalue weighted by atomic mass is 35.5. The Morgan fingerprint density at radius 3 is 2.24 bits per heavy atom. The smallest absolute Gasteiger partial charge is 0.322 e. The first-order valence-electron chi connectivity index (χ1n) is 11.9. The van der Waals surface area contributed by atoms with Gasteiger partial charge in [-0.3, -0.25) is 4.90 Å². The number of benzene rings is 2.